The van der Waals surface area contributed by atoms with Crippen LogP contribution in [0.2, 0.25) is 0 Å². The smallest absolute Gasteiger partial charge is 0.348 e. The number of hydrogen-bond donors (Lipinski definition) is 2. The van der Waals surface area contributed by atoms with E-state index in [0.29, 0.717) is 23.2 Å². The van der Waals surface area contributed by atoms with Crippen molar-refractivity contribution in [3.8, 4) is 0 Å². The van der Waals surface area contributed by atoms with Gasteiger partial charge in [0.05, 0.1) is 32.4 Å². The van der Waals surface area contributed by atoms with Crippen molar-refractivity contribution in [2.45, 2.75) is 39.2 Å². The van der Waals surface area contributed by atoms with E-state index in [1.807, 2.05) is 0 Å². The summed E-state index contributed by atoms with van der Waals surface area (Å²) >= 11 is 1.04. The van der Waals surface area contributed by atoms with Crippen molar-refractivity contribution >= 4 is 34.2 Å². The van der Waals surface area contributed by atoms with Crippen LogP contribution in [0.3, 0.4) is 0 Å². The van der Waals surface area contributed by atoms with Gasteiger partial charge in [0.1, 0.15) is 9.88 Å². The van der Waals surface area contributed by atoms with Crippen molar-refractivity contribution < 1.29 is 28.8 Å². The van der Waals surface area contributed by atoms with Crippen molar-refractivity contribution in [2.24, 2.45) is 0 Å². The Balaban J connectivity index is 2.20. The predicted octanol–water partition coefficient (Wildman–Crippen LogP) is 1.03. The second-order valence-electron chi connectivity index (χ2n) is 6.27. The maximum Gasteiger partial charge on any atom is 0.348 e. The first-order chi connectivity index (χ1) is 11.9. The molecule has 1 aromatic rings. The van der Waals surface area contributed by atoms with Crippen molar-refractivity contribution in [1.82, 2.24) is 0 Å². The highest BCUT2D eigenvalue weighted by atomic mass is 32.1. The Kier molecular flexibility index (Phi) is 6.55. The van der Waals surface area contributed by atoms with E-state index in [4.69, 9.17) is 9.47 Å². The monoisotopic (exact) mass is 369 g/mol. The number of likely N-dealkylation sites (tertiary alicyclic amines) is 1. The van der Waals surface area contributed by atoms with Crippen LogP contribution in [0.25, 0.3) is 0 Å². The molecule has 0 aromatic carbocycles. The fourth-order valence-corrected chi connectivity index (χ4v) is 4.26. The van der Waals surface area contributed by atoms with E-state index >= 15 is 0 Å². The van der Waals surface area contributed by atoms with Crippen LogP contribution in [-0.2, 0) is 14.3 Å². The Morgan fingerprint density at radius 2 is 1.88 bits per heavy atom. The molecule has 0 bridgehead atoms. The molecule has 1 fully saturated rings. The number of anilines is 1. The summed E-state index contributed by atoms with van der Waals surface area (Å²) in [5, 5.41) is 3.12. The second-order valence-corrected chi connectivity index (χ2v) is 7.29. The normalized spacial score (nSPS) is 20.0. The highest BCUT2D eigenvalue weighted by Gasteiger charge is 2.29. The summed E-state index contributed by atoms with van der Waals surface area (Å²) in [6.45, 7) is 5.09. The van der Waals surface area contributed by atoms with Gasteiger partial charge in [0.15, 0.2) is 6.54 Å². The Hall–Kier alpha value is -1.93. The lowest BCUT2D eigenvalue weighted by Crippen LogP contribution is -3.17. The Bertz CT molecular complexity index is 670. The summed E-state index contributed by atoms with van der Waals surface area (Å²) in [5.74, 6) is -1.30. The molecule has 7 nitrogen and oxygen atoms in total. The van der Waals surface area contributed by atoms with Crippen LogP contribution in [-0.4, -0.2) is 51.2 Å². The largest absolute Gasteiger partial charge is 0.465 e. The van der Waals surface area contributed by atoms with Crippen molar-refractivity contribution in [2.75, 3.05) is 32.6 Å². The van der Waals surface area contributed by atoms with E-state index in [0.717, 1.165) is 30.7 Å². The van der Waals surface area contributed by atoms with Crippen LogP contribution < -0.4 is 10.2 Å². The van der Waals surface area contributed by atoms with E-state index in [2.05, 4.69) is 12.2 Å². The van der Waals surface area contributed by atoms with Crippen LogP contribution in [0.4, 0.5) is 5.00 Å². The number of thiophene rings is 1. The summed E-state index contributed by atoms with van der Waals surface area (Å²) in [5.41, 5.74) is 0.667. The number of quaternary nitrogens is 1. The maximum atomic E-state index is 12.5. The summed E-state index contributed by atoms with van der Waals surface area (Å²) in [6.07, 6.45) is 3.43. The first-order valence-electron chi connectivity index (χ1n) is 8.33. The van der Waals surface area contributed by atoms with Gasteiger partial charge in [-0.1, -0.05) is 0 Å². The third-order valence-electron chi connectivity index (χ3n) is 4.63. The van der Waals surface area contributed by atoms with Gasteiger partial charge >= 0.3 is 11.9 Å². The number of hydrogen-bond acceptors (Lipinski definition) is 6. The fourth-order valence-electron chi connectivity index (χ4n) is 3.13. The van der Waals surface area contributed by atoms with Crippen molar-refractivity contribution in [1.29, 1.82) is 0 Å². The highest BCUT2D eigenvalue weighted by Crippen LogP contribution is 2.34. The zero-order valence-corrected chi connectivity index (χ0v) is 15.9. The van der Waals surface area contributed by atoms with Crippen LogP contribution in [0.1, 0.15) is 51.8 Å². The maximum absolute atomic E-state index is 12.5. The highest BCUT2D eigenvalue weighted by molar-refractivity contribution is 7.18. The third-order valence-corrected chi connectivity index (χ3v) is 5.82. The lowest BCUT2D eigenvalue weighted by atomic mass is 10.0. The third kappa shape index (κ3) is 4.38. The Morgan fingerprint density at radius 3 is 2.48 bits per heavy atom. The fraction of sp³-hybridized carbons (Fsp3) is 0.588. The molecule has 0 radical (unpaired) electrons. The molecule has 1 aromatic heterocycles. The molecule has 25 heavy (non-hydrogen) atoms. The van der Waals surface area contributed by atoms with Crippen LogP contribution >= 0.6 is 11.3 Å². The quantitative estimate of drug-likeness (QED) is 0.757. The van der Waals surface area contributed by atoms with Gasteiger partial charge < -0.3 is 19.7 Å². The number of nitrogens with one attached hydrogen (secondary N) is 2. The number of ether oxygens (including phenoxy) is 2. The van der Waals surface area contributed by atoms with E-state index in [9.17, 15) is 14.4 Å². The molecule has 1 amide bonds. The zero-order valence-electron chi connectivity index (χ0n) is 15.1. The van der Waals surface area contributed by atoms with Gasteiger partial charge in [0.25, 0.3) is 5.91 Å². The summed E-state index contributed by atoms with van der Waals surface area (Å²) in [6, 6.07) is 0.440. The standard InChI is InChI=1S/C17H24N2O5S/c1-10-7-5-6-8-19(10)9-12(20)18-15-13(16(21)23-3)11(2)14(25-15)17(22)24-4/h10H,5-9H2,1-4H3,(H,18,20)/p+1/t10-/m1/s1. The number of amides is 1. The molecule has 0 aliphatic carbocycles. The van der Waals surface area contributed by atoms with E-state index in [1.54, 1.807) is 6.92 Å². The minimum absolute atomic E-state index is 0.174. The topological polar surface area (TPSA) is 86.1 Å². The molecule has 1 aliphatic rings. The number of esters is 2. The van der Waals surface area contributed by atoms with Crippen molar-refractivity contribution in [3.63, 3.8) is 0 Å². The van der Waals surface area contributed by atoms with Crippen LogP contribution in [0, 0.1) is 6.92 Å². The Morgan fingerprint density at radius 1 is 1.20 bits per heavy atom. The average molecular weight is 369 g/mol. The number of carbonyl (C=O) groups is 3. The van der Waals surface area contributed by atoms with Gasteiger partial charge in [-0.3, -0.25) is 4.79 Å². The summed E-state index contributed by atoms with van der Waals surface area (Å²) in [4.78, 5) is 37.9. The molecule has 1 saturated heterocycles. The molecule has 2 heterocycles. The van der Waals surface area contributed by atoms with E-state index in [-0.39, 0.29) is 16.3 Å². The molecule has 1 aliphatic heterocycles. The van der Waals surface area contributed by atoms with Gasteiger partial charge in [-0.2, -0.15) is 0 Å². The number of methoxy groups -OCH3 is 2. The predicted molar refractivity (Wildman–Crippen MR) is 94.4 cm³/mol. The molecule has 8 heteroatoms. The number of rotatable bonds is 5. The minimum Gasteiger partial charge on any atom is -0.465 e. The van der Waals surface area contributed by atoms with Gasteiger partial charge in [-0.05, 0) is 38.7 Å². The molecular weight excluding hydrogens is 344 g/mol. The zero-order chi connectivity index (χ0) is 18.6. The van der Waals surface area contributed by atoms with Crippen LogP contribution in [0.5, 0.6) is 0 Å². The molecule has 1 unspecified atom stereocenters. The van der Waals surface area contributed by atoms with Gasteiger partial charge in [-0.15, -0.1) is 11.3 Å². The lowest BCUT2D eigenvalue weighted by molar-refractivity contribution is -0.920. The number of carbonyl (C=O) groups excluding carboxylic acids is 3. The van der Waals surface area contributed by atoms with Crippen LogP contribution in [0.15, 0.2) is 0 Å². The summed E-state index contributed by atoms with van der Waals surface area (Å²) < 4.78 is 9.53. The first-order valence-corrected chi connectivity index (χ1v) is 9.15. The SMILES string of the molecule is COC(=O)c1sc(NC(=O)C[NH+]2CCCC[C@H]2C)c(C(=O)OC)c1C. The molecule has 138 valence electrons. The van der Waals surface area contributed by atoms with E-state index < -0.39 is 11.9 Å². The molecule has 0 spiro atoms. The lowest BCUT2D eigenvalue weighted by Gasteiger charge is -2.29. The second kappa shape index (κ2) is 8.44. The van der Waals surface area contributed by atoms with Crippen molar-refractivity contribution in [3.05, 3.63) is 16.0 Å². The molecule has 2 N–H and O–H groups in total. The number of piperidine rings is 1. The molecule has 2 atom stereocenters. The van der Waals surface area contributed by atoms with Gasteiger partial charge in [0, 0.05) is 0 Å². The first kappa shape index (κ1) is 19.4. The van der Waals surface area contributed by atoms with Gasteiger partial charge in [0.2, 0.25) is 0 Å². The molecular formula is C17H25N2O5S+. The minimum atomic E-state index is -0.585. The average Bonchev–Trinajstić information content (AvgIpc) is 2.91. The van der Waals surface area contributed by atoms with E-state index in [1.165, 1.54) is 25.5 Å². The molecule has 2 rings (SSSR count). The summed E-state index contributed by atoms with van der Waals surface area (Å²) in [7, 11) is 2.54. The Labute approximate surface area is 151 Å². The molecule has 0 saturated carbocycles. The van der Waals surface area contributed by atoms with Gasteiger partial charge in [-0.25, -0.2) is 9.59 Å².